The minimum atomic E-state index is -0.368. The van der Waals surface area contributed by atoms with Crippen LogP contribution in [0.1, 0.15) is 22.3 Å². The number of hydrogen-bond acceptors (Lipinski definition) is 1. The van der Waals surface area contributed by atoms with Gasteiger partial charge in [-0.15, -0.1) is 0 Å². The van der Waals surface area contributed by atoms with Crippen molar-refractivity contribution in [3.8, 4) is 22.4 Å². The molecule has 1 atom stereocenters. The van der Waals surface area contributed by atoms with Crippen molar-refractivity contribution in [2.24, 2.45) is 0 Å². The summed E-state index contributed by atoms with van der Waals surface area (Å²) >= 11 is 3.75. The third kappa shape index (κ3) is 1.82. The summed E-state index contributed by atoms with van der Waals surface area (Å²) in [4.78, 5) is 4.86. The Morgan fingerprint density at radius 1 is 0.600 bits per heavy atom. The van der Waals surface area contributed by atoms with Crippen LogP contribution in [-0.4, -0.2) is 4.98 Å². The fourth-order valence-electron chi connectivity index (χ4n) is 5.75. The van der Waals surface area contributed by atoms with E-state index in [4.69, 9.17) is 4.98 Å². The van der Waals surface area contributed by atoms with Gasteiger partial charge in [-0.2, -0.15) is 0 Å². The van der Waals surface area contributed by atoms with Crippen LogP contribution in [0.3, 0.4) is 0 Å². The van der Waals surface area contributed by atoms with Crippen LogP contribution >= 0.6 is 15.9 Å². The molecule has 2 aliphatic rings. The van der Waals surface area contributed by atoms with E-state index in [1.165, 1.54) is 49.7 Å². The molecular formula is C28H16BrN. The van der Waals surface area contributed by atoms with Crippen molar-refractivity contribution in [3.05, 3.63) is 124 Å². The molecule has 30 heavy (non-hydrogen) atoms. The molecule has 1 aromatic heterocycles. The molecule has 2 aliphatic carbocycles. The van der Waals surface area contributed by atoms with Gasteiger partial charge in [0.1, 0.15) is 0 Å². The molecule has 1 heterocycles. The summed E-state index contributed by atoms with van der Waals surface area (Å²) in [6, 6.07) is 33.3. The number of aromatic nitrogens is 1. The largest absolute Gasteiger partial charge is 0.256 e. The number of halogens is 1. The summed E-state index contributed by atoms with van der Waals surface area (Å²) in [7, 11) is 0. The molecule has 1 nitrogen and oxygen atoms in total. The fraction of sp³-hybridized carbons (Fsp3) is 0.0357. The first kappa shape index (κ1) is 16.6. The Labute approximate surface area is 183 Å². The standard InChI is InChI=1S/C28H16BrN/c29-18-13-14-21-25(16-18)28(24-12-5-15-30-27(21)24)22-10-2-1-8-19(22)20-9-3-6-17-7-4-11-23(28)26(17)20/h1-16H. The first-order valence-corrected chi connectivity index (χ1v) is 11.0. The van der Waals surface area contributed by atoms with Gasteiger partial charge in [0.05, 0.1) is 11.1 Å². The number of benzene rings is 4. The van der Waals surface area contributed by atoms with Crippen LogP contribution in [0, 0.1) is 0 Å². The molecule has 0 aliphatic heterocycles. The molecule has 2 heteroatoms. The van der Waals surface area contributed by atoms with Crippen molar-refractivity contribution in [1.29, 1.82) is 0 Å². The molecule has 5 aromatic rings. The summed E-state index contributed by atoms with van der Waals surface area (Å²) in [6.07, 6.45) is 1.91. The molecule has 0 N–H and O–H groups in total. The normalized spacial score (nSPS) is 17.6. The second-order valence-electron chi connectivity index (χ2n) is 8.09. The van der Waals surface area contributed by atoms with Gasteiger partial charge < -0.3 is 0 Å². The van der Waals surface area contributed by atoms with Crippen LogP contribution in [0.4, 0.5) is 0 Å². The highest BCUT2D eigenvalue weighted by Gasteiger charge is 2.50. The minimum absolute atomic E-state index is 0.368. The molecule has 1 spiro atoms. The van der Waals surface area contributed by atoms with Gasteiger partial charge in [-0.1, -0.05) is 88.7 Å². The molecule has 0 fully saturated rings. The topological polar surface area (TPSA) is 12.9 Å². The first-order chi connectivity index (χ1) is 14.8. The molecule has 0 saturated carbocycles. The number of hydrogen-bond donors (Lipinski definition) is 0. The Kier molecular flexibility index (Phi) is 3.13. The molecule has 0 amide bonds. The van der Waals surface area contributed by atoms with Crippen molar-refractivity contribution >= 4 is 26.7 Å². The molecular weight excluding hydrogens is 430 g/mol. The Morgan fingerprint density at radius 3 is 2.30 bits per heavy atom. The zero-order chi connectivity index (χ0) is 19.9. The summed E-state index contributed by atoms with van der Waals surface area (Å²) in [5, 5.41) is 2.63. The van der Waals surface area contributed by atoms with E-state index in [-0.39, 0.29) is 5.41 Å². The van der Waals surface area contributed by atoms with Crippen molar-refractivity contribution in [2.45, 2.75) is 5.41 Å². The maximum Gasteiger partial charge on any atom is 0.0753 e. The molecule has 4 aromatic carbocycles. The van der Waals surface area contributed by atoms with E-state index >= 15 is 0 Å². The van der Waals surface area contributed by atoms with Crippen LogP contribution < -0.4 is 0 Å². The zero-order valence-electron chi connectivity index (χ0n) is 16.1. The average Bonchev–Trinajstić information content (AvgIpc) is 3.08. The maximum absolute atomic E-state index is 4.86. The van der Waals surface area contributed by atoms with E-state index in [9.17, 15) is 0 Å². The summed E-state index contributed by atoms with van der Waals surface area (Å²) < 4.78 is 1.09. The highest BCUT2D eigenvalue weighted by Crippen LogP contribution is 2.61. The zero-order valence-corrected chi connectivity index (χ0v) is 17.6. The van der Waals surface area contributed by atoms with Gasteiger partial charge in [0, 0.05) is 16.2 Å². The van der Waals surface area contributed by atoms with Gasteiger partial charge in [0.25, 0.3) is 0 Å². The predicted molar refractivity (Wildman–Crippen MR) is 126 cm³/mol. The van der Waals surface area contributed by atoms with E-state index in [2.05, 4.69) is 107 Å². The van der Waals surface area contributed by atoms with Gasteiger partial charge in [-0.05, 0) is 62.4 Å². The SMILES string of the molecule is Brc1ccc2c(c1)C1(c3ccccc3-c3cccc4cccc1c34)c1cccnc1-2. The number of fused-ring (bicyclic) bond motifs is 9. The third-order valence-electron chi connectivity index (χ3n) is 6.78. The smallest absolute Gasteiger partial charge is 0.0753 e. The van der Waals surface area contributed by atoms with Crippen LogP contribution in [0.2, 0.25) is 0 Å². The second kappa shape index (κ2) is 5.68. The lowest BCUT2D eigenvalue weighted by Crippen LogP contribution is -2.31. The Morgan fingerprint density at radius 2 is 1.37 bits per heavy atom. The van der Waals surface area contributed by atoms with E-state index in [1.54, 1.807) is 0 Å². The minimum Gasteiger partial charge on any atom is -0.256 e. The van der Waals surface area contributed by atoms with Crippen molar-refractivity contribution in [1.82, 2.24) is 4.98 Å². The predicted octanol–water partition coefficient (Wildman–Crippen LogP) is 7.34. The highest BCUT2D eigenvalue weighted by atomic mass is 79.9. The monoisotopic (exact) mass is 445 g/mol. The molecule has 7 rings (SSSR count). The van der Waals surface area contributed by atoms with Crippen LogP contribution in [0.15, 0.2) is 102 Å². The van der Waals surface area contributed by atoms with Crippen LogP contribution in [-0.2, 0) is 5.41 Å². The highest BCUT2D eigenvalue weighted by molar-refractivity contribution is 9.10. The summed E-state index contributed by atoms with van der Waals surface area (Å²) in [5.41, 5.74) is 9.83. The Balaban J connectivity index is 1.80. The Hall–Kier alpha value is -3.23. The van der Waals surface area contributed by atoms with E-state index in [0.29, 0.717) is 0 Å². The third-order valence-corrected chi connectivity index (χ3v) is 7.28. The number of rotatable bonds is 0. The van der Waals surface area contributed by atoms with Crippen molar-refractivity contribution in [3.63, 3.8) is 0 Å². The Bertz CT molecular complexity index is 1510. The van der Waals surface area contributed by atoms with Crippen molar-refractivity contribution in [2.75, 3.05) is 0 Å². The lowest BCUT2D eigenvalue weighted by Gasteiger charge is -2.39. The number of pyridine rings is 1. The van der Waals surface area contributed by atoms with Gasteiger partial charge in [0.15, 0.2) is 0 Å². The van der Waals surface area contributed by atoms with Gasteiger partial charge in [-0.3, -0.25) is 4.98 Å². The van der Waals surface area contributed by atoms with Crippen LogP contribution in [0.5, 0.6) is 0 Å². The van der Waals surface area contributed by atoms with E-state index < -0.39 is 0 Å². The van der Waals surface area contributed by atoms with E-state index in [1.807, 2.05) is 6.20 Å². The fourth-order valence-corrected chi connectivity index (χ4v) is 6.11. The summed E-state index contributed by atoms with van der Waals surface area (Å²) in [5.74, 6) is 0. The number of nitrogens with zero attached hydrogens (tertiary/aromatic N) is 1. The molecule has 0 saturated heterocycles. The maximum atomic E-state index is 4.86. The van der Waals surface area contributed by atoms with E-state index in [0.717, 1.165) is 10.2 Å². The van der Waals surface area contributed by atoms with Gasteiger partial charge in [-0.25, -0.2) is 0 Å². The molecule has 140 valence electrons. The first-order valence-electron chi connectivity index (χ1n) is 10.2. The molecule has 0 radical (unpaired) electrons. The van der Waals surface area contributed by atoms with Crippen molar-refractivity contribution < 1.29 is 0 Å². The summed E-state index contributed by atoms with van der Waals surface area (Å²) in [6.45, 7) is 0. The lowest BCUT2D eigenvalue weighted by molar-refractivity contribution is 0.771. The van der Waals surface area contributed by atoms with Gasteiger partial charge >= 0.3 is 0 Å². The molecule has 1 unspecified atom stereocenters. The average molecular weight is 446 g/mol. The van der Waals surface area contributed by atoms with Crippen LogP contribution in [0.25, 0.3) is 33.2 Å². The lowest BCUT2D eigenvalue weighted by atomic mass is 9.61. The second-order valence-corrected chi connectivity index (χ2v) is 9.01. The van der Waals surface area contributed by atoms with Gasteiger partial charge in [0.2, 0.25) is 0 Å². The molecule has 0 bridgehead atoms. The quantitative estimate of drug-likeness (QED) is 0.238.